The second-order valence-electron chi connectivity index (χ2n) is 3.96. The maximum absolute atomic E-state index is 5.43. The summed E-state index contributed by atoms with van der Waals surface area (Å²) in [6, 6.07) is 1.21. The van der Waals surface area contributed by atoms with Crippen molar-refractivity contribution in [3.63, 3.8) is 0 Å². The van der Waals surface area contributed by atoms with Gasteiger partial charge >= 0.3 is 0 Å². The summed E-state index contributed by atoms with van der Waals surface area (Å²) in [5.74, 6) is 0. The number of ether oxygens (including phenoxy) is 4. The smallest absolute Gasteiger partial charge is 0.104 e. The molecule has 0 bridgehead atoms. The molecule has 1 saturated heterocycles. The van der Waals surface area contributed by atoms with Gasteiger partial charge in [-0.25, -0.2) is 0 Å². The third kappa shape index (κ3) is 9.29. The quantitative estimate of drug-likeness (QED) is 0.277. The van der Waals surface area contributed by atoms with E-state index in [4.69, 9.17) is 18.9 Å². The van der Waals surface area contributed by atoms with Crippen LogP contribution in [0.1, 0.15) is 12.8 Å². The van der Waals surface area contributed by atoms with Gasteiger partial charge in [-0.1, -0.05) is 0 Å². The van der Waals surface area contributed by atoms with Gasteiger partial charge in [0.1, 0.15) is 6.10 Å². The van der Waals surface area contributed by atoms with Gasteiger partial charge in [-0.3, -0.25) is 0 Å². The van der Waals surface area contributed by atoms with Gasteiger partial charge in [0.25, 0.3) is 0 Å². The van der Waals surface area contributed by atoms with Crippen LogP contribution >= 0.6 is 0 Å². The fraction of sp³-hybridized carbons (Fsp3) is 1.00. The normalized spacial score (nSPS) is 19.1. The third-order valence-corrected chi connectivity index (χ3v) is 2.66. The topological polar surface area (TPSA) is 40.2 Å². The molecular weight excluding hydrogens is 224 g/mol. The SMILES string of the molecule is [SiH3]CCOCCOCCCCOCC1CO1. The van der Waals surface area contributed by atoms with Crippen molar-refractivity contribution in [1.82, 2.24) is 0 Å². The van der Waals surface area contributed by atoms with Crippen molar-refractivity contribution in [1.29, 1.82) is 0 Å². The van der Waals surface area contributed by atoms with Gasteiger partial charge in [0.15, 0.2) is 0 Å². The highest BCUT2D eigenvalue weighted by atomic mass is 28.1. The van der Waals surface area contributed by atoms with E-state index < -0.39 is 0 Å². The maximum atomic E-state index is 5.43. The highest BCUT2D eigenvalue weighted by Crippen LogP contribution is 2.08. The lowest BCUT2D eigenvalue weighted by Crippen LogP contribution is -2.07. The number of hydrogen-bond acceptors (Lipinski definition) is 4. The molecule has 4 nitrogen and oxygen atoms in total. The van der Waals surface area contributed by atoms with Crippen LogP contribution in [0, 0.1) is 0 Å². The Labute approximate surface area is 101 Å². The van der Waals surface area contributed by atoms with E-state index in [-0.39, 0.29) is 0 Å². The molecule has 0 N–H and O–H groups in total. The summed E-state index contributed by atoms with van der Waals surface area (Å²) in [4.78, 5) is 0. The minimum absolute atomic E-state index is 0.384. The lowest BCUT2D eigenvalue weighted by molar-refractivity contribution is 0.0471. The Bertz CT molecular complexity index is 153. The minimum atomic E-state index is 0.384. The molecule has 1 unspecified atom stereocenters. The summed E-state index contributed by atoms with van der Waals surface area (Å²) in [7, 11) is 1.22. The molecule has 0 saturated carbocycles. The van der Waals surface area contributed by atoms with Crippen LogP contribution in [-0.2, 0) is 18.9 Å². The largest absolute Gasteiger partial charge is 0.379 e. The van der Waals surface area contributed by atoms with Crippen LogP contribution in [0.25, 0.3) is 0 Å². The van der Waals surface area contributed by atoms with Crippen molar-refractivity contribution >= 4 is 10.2 Å². The van der Waals surface area contributed by atoms with E-state index in [1.165, 1.54) is 16.3 Å². The van der Waals surface area contributed by atoms with Gasteiger partial charge < -0.3 is 18.9 Å². The standard InChI is InChI=1S/C11H24O4Si/c16-8-7-13-6-5-12-3-1-2-4-14-9-11-10-15-11/h11H,1-10H2,16H3. The molecule has 0 aromatic carbocycles. The molecule has 1 rings (SSSR count). The van der Waals surface area contributed by atoms with Crippen molar-refractivity contribution in [3.8, 4) is 0 Å². The molecule has 1 heterocycles. The van der Waals surface area contributed by atoms with E-state index >= 15 is 0 Å². The molecule has 0 radical (unpaired) electrons. The highest BCUT2D eigenvalue weighted by Gasteiger charge is 2.21. The van der Waals surface area contributed by atoms with Crippen LogP contribution in [0.4, 0.5) is 0 Å². The molecule has 0 amide bonds. The lowest BCUT2D eigenvalue weighted by Gasteiger charge is -2.05. The Kier molecular flexibility index (Phi) is 9.02. The van der Waals surface area contributed by atoms with Crippen molar-refractivity contribution in [2.75, 3.05) is 46.2 Å². The summed E-state index contributed by atoms with van der Waals surface area (Å²) in [6.07, 6.45) is 2.51. The van der Waals surface area contributed by atoms with E-state index in [0.29, 0.717) is 6.10 Å². The summed E-state index contributed by atoms with van der Waals surface area (Å²) >= 11 is 0. The minimum Gasteiger partial charge on any atom is -0.379 e. The van der Waals surface area contributed by atoms with E-state index in [2.05, 4.69) is 0 Å². The van der Waals surface area contributed by atoms with Crippen LogP contribution < -0.4 is 0 Å². The third-order valence-electron chi connectivity index (χ3n) is 2.25. The predicted octanol–water partition coefficient (Wildman–Crippen LogP) is -0.00110. The Morgan fingerprint density at radius 1 is 0.938 bits per heavy atom. The Hall–Kier alpha value is 0.0569. The Balaban J connectivity index is 1.61. The molecule has 0 spiro atoms. The Morgan fingerprint density at radius 3 is 2.19 bits per heavy atom. The molecule has 0 aliphatic carbocycles. The van der Waals surface area contributed by atoms with Crippen LogP contribution in [0.15, 0.2) is 0 Å². The van der Waals surface area contributed by atoms with Crippen LogP contribution in [-0.4, -0.2) is 62.6 Å². The van der Waals surface area contributed by atoms with E-state index in [0.717, 1.165) is 59.1 Å². The van der Waals surface area contributed by atoms with Gasteiger partial charge in [0, 0.05) is 30.1 Å². The molecular formula is C11H24O4Si. The first-order valence-corrected chi connectivity index (χ1v) is 7.69. The van der Waals surface area contributed by atoms with Gasteiger partial charge in [0.2, 0.25) is 0 Å². The molecule has 96 valence electrons. The summed E-state index contributed by atoms with van der Waals surface area (Å²) in [5, 5.41) is 0. The molecule has 1 aliphatic heterocycles. The monoisotopic (exact) mass is 248 g/mol. The second-order valence-corrected chi connectivity index (χ2v) is 4.96. The average molecular weight is 248 g/mol. The summed E-state index contributed by atoms with van der Waals surface area (Å²) in [5.41, 5.74) is 0. The molecule has 1 aliphatic rings. The van der Waals surface area contributed by atoms with Gasteiger partial charge in [-0.05, 0) is 18.9 Å². The first-order chi connectivity index (χ1) is 7.93. The average Bonchev–Trinajstić information content (AvgIpc) is 3.10. The zero-order valence-electron chi connectivity index (χ0n) is 10.3. The predicted molar refractivity (Wildman–Crippen MR) is 66.2 cm³/mol. The number of hydrogen-bond donors (Lipinski definition) is 0. The van der Waals surface area contributed by atoms with Crippen LogP contribution in [0.5, 0.6) is 0 Å². The number of unbranched alkanes of at least 4 members (excludes halogenated alkanes) is 1. The van der Waals surface area contributed by atoms with Gasteiger partial charge in [-0.2, -0.15) is 0 Å². The maximum Gasteiger partial charge on any atom is 0.104 e. The molecule has 1 fully saturated rings. The fourth-order valence-corrected chi connectivity index (χ4v) is 1.54. The van der Waals surface area contributed by atoms with E-state index in [1.807, 2.05) is 0 Å². The lowest BCUT2D eigenvalue weighted by atomic mass is 10.3. The van der Waals surface area contributed by atoms with Crippen molar-refractivity contribution in [2.24, 2.45) is 0 Å². The van der Waals surface area contributed by atoms with E-state index in [9.17, 15) is 0 Å². The fourth-order valence-electron chi connectivity index (χ4n) is 1.25. The van der Waals surface area contributed by atoms with Crippen molar-refractivity contribution in [2.45, 2.75) is 25.0 Å². The van der Waals surface area contributed by atoms with Crippen LogP contribution in [0.2, 0.25) is 6.04 Å². The summed E-state index contributed by atoms with van der Waals surface area (Å²) < 4.78 is 21.2. The zero-order valence-corrected chi connectivity index (χ0v) is 12.3. The second kappa shape index (κ2) is 10.2. The first-order valence-electron chi connectivity index (χ1n) is 6.28. The van der Waals surface area contributed by atoms with Crippen molar-refractivity contribution in [3.05, 3.63) is 0 Å². The summed E-state index contributed by atoms with van der Waals surface area (Å²) in [6.45, 7) is 5.62. The first kappa shape index (κ1) is 14.1. The zero-order chi connectivity index (χ0) is 11.5. The molecule has 0 aromatic heterocycles. The van der Waals surface area contributed by atoms with E-state index in [1.54, 1.807) is 0 Å². The molecule has 5 heteroatoms. The van der Waals surface area contributed by atoms with Gasteiger partial charge in [-0.15, -0.1) is 0 Å². The Morgan fingerprint density at radius 2 is 1.56 bits per heavy atom. The highest BCUT2D eigenvalue weighted by molar-refractivity contribution is 6.08. The molecule has 0 aromatic rings. The van der Waals surface area contributed by atoms with Gasteiger partial charge in [0.05, 0.1) is 26.4 Å². The molecule has 16 heavy (non-hydrogen) atoms. The number of epoxide rings is 1. The number of rotatable bonds is 12. The van der Waals surface area contributed by atoms with Crippen molar-refractivity contribution < 1.29 is 18.9 Å². The van der Waals surface area contributed by atoms with Crippen LogP contribution in [0.3, 0.4) is 0 Å². The molecule has 1 atom stereocenters.